The summed E-state index contributed by atoms with van der Waals surface area (Å²) in [6, 6.07) is 12.7. The predicted octanol–water partition coefficient (Wildman–Crippen LogP) is 2.34. The molecule has 2 rings (SSSR count). The summed E-state index contributed by atoms with van der Waals surface area (Å²) in [4.78, 5) is 8.78. The third-order valence-corrected chi connectivity index (χ3v) is 4.60. The Labute approximate surface area is 157 Å². The lowest BCUT2D eigenvalue weighted by Crippen LogP contribution is -2.42. The number of hydrogen-bond donors (Lipinski definition) is 1. The Morgan fingerprint density at radius 3 is 2.38 bits per heavy atom. The minimum Gasteiger partial charge on any atom is -0.497 e. The van der Waals surface area contributed by atoms with E-state index >= 15 is 0 Å². The minimum absolute atomic E-state index is 0.237. The van der Waals surface area contributed by atoms with Gasteiger partial charge < -0.3 is 24.4 Å². The van der Waals surface area contributed by atoms with Crippen LogP contribution in [0.3, 0.4) is 0 Å². The Bertz CT molecular complexity index is 705. The maximum absolute atomic E-state index is 5.26. The van der Waals surface area contributed by atoms with Crippen molar-refractivity contribution in [3.8, 4) is 5.75 Å². The molecule has 1 unspecified atom stereocenters. The van der Waals surface area contributed by atoms with Crippen LogP contribution in [0.25, 0.3) is 0 Å². The first-order valence-electron chi connectivity index (χ1n) is 8.78. The largest absolute Gasteiger partial charge is 0.497 e. The first-order valence-corrected chi connectivity index (χ1v) is 8.78. The minimum atomic E-state index is 0.237. The van der Waals surface area contributed by atoms with E-state index in [0.29, 0.717) is 0 Å². The number of nitrogens with zero attached hydrogens (tertiary/aromatic N) is 4. The van der Waals surface area contributed by atoms with E-state index < -0.39 is 0 Å². The smallest absolute Gasteiger partial charge is 0.193 e. The monoisotopic (exact) mass is 357 g/mol. The number of hydrogen-bond acceptors (Lipinski definition) is 3. The molecule has 0 aliphatic heterocycles. The zero-order valence-corrected chi connectivity index (χ0v) is 16.7. The molecular formula is C20H31N5O. The molecule has 1 heterocycles. The normalized spacial score (nSPS) is 13.0. The highest BCUT2D eigenvalue weighted by atomic mass is 16.5. The van der Waals surface area contributed by atoms with Gasteiger partial charge in [0.2, 0.25) is 0 Å². The molecule has 0 amide bonds. The third-order valence-electron chi connectivity index (χ3n) is 4.60. The third kappa shape index (κ3) is 5.02. The number of methoxy groups -OCH3 is 1. The van der Waals surface area contributed by atoms with Gasteiger partial charge in [-0.05, 0) is 43.9 Å². The van der Waals surface area contributed by atoms with Crippen LogP contribution in [0.2, 0.25) is 0 Å². The van der Waals surface area contributed by atoms with Gasteiger partial charge >= 0.3 is 0 Å². The highest BCUT2D eigenvalue weighted by molar-refractivity contribution is 5.79. The van der Waals surface area contributed by atoms with Crippen molar-refractivity contribution in [3.05, 3.63) is 53.9 Å². The molecular weight excluding hydrogens is 326 g/mol. The molecule has 1 N–H and O–H groups in total. The molecule has 0 saturated carbocycles. The standard InChI is InChI=1S/C20H31N5O/c1-21-20(25(5)15-17-8-7-13-24(17)4)22-14-19(23(2)3)16-9-11-18(26-6)12-10-16/h7-13,19H,14-15H2,1-6H3,(H,21,22). The van der Waals surface area contributed by atoms with Crippen LogP contribution in [0.5, 0.6) is 5.75 Å². The van der Waals surface area contributed by atoms with E-state index in [1.165, 1.54) is 11.3 Å². The number of aromatic nitrogens is 1. The summed E-state index contributed by atoms with van der Waals surface area (Å²) in [7, 11) is 11.8. The number of ether oxygens (including phenoxy) is 1. The summed E-state index contributed by atoms with van der Waals surface area (Å²) in [5, 5.41) is 3.50. The number of aliphatic imine (C=N–C) groups is 1. The van der Waals surface area contributed by atoms with E-state index in [-0.39, 0.29) is 6.04 Å². The predicted molar refractivity (Wildman–Crippen MR) is 108 cm³/mol. The zero-order valence-electron chi connectivity index (χ0n) is 16.7. The van der Waals surface area contributed by atoms with Crippen LogP contribution in [0.15, 0.2) is 47.6 Å². The number of rotatable bonds is 7. The molecule has 1 aromatic carbocycles. The first-order chi connectivity index (χ1) is 12.5. The Kier molecular flexibility index (Phi) is 7.09. The number of nitrogens with one attached hydrogen (secondary N) is 1. The topological polar surface area (TPSA) is 45.0 Å². The van der Waals surface area contributed by atoms with Crippen LogP contribution in [0.4, 0.5) is 0 Å². The lowest BCUT2D eigenvalue weighted by molar-refractivity contribution is 0.295. The van der Waals surface area contributed by atoms with Gasteiger partial charge in [0.15, 0.2) is 5.96 Å². The molecule has 1 aromatic heterocycles. The second kappa shape index (κ2) is 9.29. The molecule has 26 heavy (non-hydrogen) atoms. The van der Waals surface area contributed by atoms with Crippen molar-refractivity contribution in [2.24, 2.45) is 12.0 Å². The summed E-state index contributed by atoms with van der Waals surface area (Å²) >= 11 is 0. The van der Waals surface area contributed by atoms with Gasteiger partial charge in [0.05, 0.1) is 19.7 Å². The van der Waals surface area contributed by atoms with Crippen LogP contribution < -0.4 is 10.1 Å². The summed E-state index contributed by atoms with van der Waals surface area (Å²) in [5.74, 6) is 1.75. The number of aryl methyl sites for hydroxylation is 1. The van der Waals surface area contributed by atoms with Gasteiger partial charge in [-0.1, -0.05) is 12.1 Å². The van der Waals surface area contributed by atoms with Crippen molar-refractivity contribution in [3.63, 3.8) is 0 Å². The molecule has 0 aliphatic rings. The van der Waals surface area contributed by atoms with Gasteiger partial charge in [0, 0.05) is 39.6 Å². The summed E-state index contributed by atoms with van der Waals surface area (Å²) in [6.45, 7) is 1.57. The van der Waals surface area contributed by atoms with Crippen LogP contribution in [-0.2, 0) is 13.6 Å². The first kappa shape index (κ1) is 19.8. The van der Waals surface area contributed by atoms with Crippen molar-refractivity contribution >= 4 is 5.96 Å². The molecule has 0 saturated heterocycles. The van der Waals surface area contributed by atoms with E-state index in [2.05, 4.69) is 83.3 Å². The Morgan fingerprint density at radius 1 is 1.19 bits per heavy atom. The Balaban J connectivity index is 2.02. The number of benzene rings is 1. The second-order valence-corrected chi connectivity index (χ2v) is 6.65. The van der Waals surface area contributed by atoms with E-state index in [1.54, 1.807) is 7.11 Å². The lowest BCUT2D eigenvalue weighted by atomic mass is 10.1. The fourth-order valence-corrected chi connectivity index (χ4v) is 2.98. The molecule has 0 radical (unpaired) electrons. The van der Waals surface area contributed by atoms with Gasteiger partial charge in [-0.3, -0.25) is 4.99 Å². The molecule has 142 valence electrons. The van der Waals surface area contributed by atoms with Crippen molar-refractivity contribution in [1.82, 2.24) is 19.7 Å². The van der Waals surface area contributed by atoms with E-state index in [1.807, 2.05) is 19.2 Å². The SMILES string of the molecule is CN=C(NCC(c1ccc(OC)cc1)N(C)C)N(C)Cc1cccn1C. The van der Waals surface area contributed by atoms with Gasteiger partial charge in [-0.15, -0.1) is 0 Å². The summed E-state index contributed by atoms with van der Waals surface area (Å²) in [5.41, 5.74) is 2.48. The van der Waals surface area contributed by atoms with Crippen LogP contribution in [0, 0.1) is 0 Å². The van der Waals surface area contributed by atoms with Gasteiger partial charge in [0.25, 0.3) is 0 Å². The van der Waals surface area contributed by atoms with Crippen molar-refractivity contribution in [1.29, 1.82) is 0 Å². The fraction of sp³-hybridized carbons (Fsp3) is 0.450. The summed E-state index contributed by atoms with van der Waals surface area (Å²) in [6.07, 6.45) is 2.06. The molecule has 0 aliphatic carbocycles. The lowest BCUT2D eigenvalue weighted by Gasteiger charge is -2.28. The maximum atomic E-state index is 5.26. The molecule has 6 nitrogen and oxygen atoms in total. The van der Waals surface area contributed by atoms with Crippen molar-refractivity contribution in [2.75, 3.05) is 41.8 Å². The molecule has 0 fully saturated rings. The quantitative estimate of drug-likeness (QED) is 0.610. The highest BCUT2D eigenvalue weighted by Gasteiger charge is 2.16. The number of guanidine groups is 1. The van der Waals surface area contributed by atoms with Gasteiger partial charge in [0.1, 0.15) is 5.75 Å². The van der Waals surface area contributed by atoms with Crippen LogP contribution in [0.1, 0.15) is 17.3 Å². The van der Waals surface area contributed by atoms with E-state index in [0.717, 1.165) is 24.8 Å². The average Bonchev–Trinajstić information content (AvgIpc) is 3.03. The second-order valence-electron chi connectivity index (χ2n) is 6.65. The van der Waals surface area contributed by atoms with Crippen molar-refractivity contribution < 1.29 is 4.74 Å². The highest BCUT2D eigenvalue weighted by Crippen LogP contribution is 2.20. The Hall–Kier alpha value is -2.47. The Morgan fingerprint density at radius 2 is 1.88 bits per heavy atom. The molecule has 0 bridgehead atoms. The molecule has 2 aromatic rings. The molecule has 0 spiro atoms. The molecule has 1 atom stereocenters. The zero-order chi connectivity index (χ0) is 19.1. The average molecular weight is 358 g/mol. The van der Waals surface area contributed by atoms with Gasteiger partial charge in [-0.2, -0.15) is 0 Å². The van der Waals surface area contributed by atoms with Crippen molar-refractivity contribution in [2.45, 2.75) is 12.6 Å². The van der Waals surface area contributed by atoms with Gasteiger partial charge in [-0.25, -0.2) is 0 Å². The van der Waals surface area contributed by atoms with Crippen LogP contribution in [-0.4, -0.2) is 62.2 Å². The summed E-state index contributed by atoms with van der Waals surface area (Å²) < 4.78 is 7.39. The van der Waals surface area contributed by atoms with E-state index in [9.17, 15) is 0 Å². The van der Waals surface area contributed by atoms with Crippen LogP contribution >= 0.6 is 0 Å². The van der Waals surface area contributed by atoms with E-state index in [4.69, 9.17) is 4.74 Å². The fourth-order valence-electron chi connectivity index (χ4n) is 2.98. The number of likely N-dealkylation sites (N-methyl/N-ethyl adjacent to an activating group) is 1. The molecule has 6 heteroatoms. The maximum Gasteiger partial charge on any atom is 0.193 e.